The number of nitrogens with zero attached hydrogens (tertiary/aromatic N) is 4. The molecule has 0 saturated heterocycles. The molecular weight excluding hydrogens is 478 g/mol. The van der Waals surface area contributed by atoms with Gasteiger partial charge in [-0.1, -0.05) is 42.4 Å². The second-order valence-electron chi connectivity index (χ2n) is 8.32. The lowest BCUT2D eigenvalue weighted by molar-refractivity contribution is -0.113. The van der Waals surface area contributed by atoms with Crippen LogP contribution in [0.5, 0.6) is 0 Å². The maximum absolute atomic E-state index is 13.0. The Morgan fingerprint density at radius 3 is 2.36 bits per heavy atom. The van der Waals surface area contributed by atoms with Gasteiger partial charge in [0.25, 0.3) is 17.0 Å². The van der Waals surface area contributed by atoms with Crippen molar-refractivity contribution in [2.24, 2.45) is 0 Å². The quantitative estimate of drug-likeness (QED) is 0.193. The number of hydrogen-bond donors (Lipinski definition) is 1. The first-order valence-electron chi connectivity index (χ1n) is 11.6. The fourth-order valence-electron chi connectivity index (χ4n) is 4.16. The number of aryl methyl sites for hydroxylation is 1. The van der Waals surface area contributed by atoms with Gasteiger partial charge in [-0.2, -0.15) is 0 Å². The van der Waals surface area contributed by atoms with Crippen molar-refractivity contribution in [2.75, 3.05) is 17.6 Å². The number of carbonyl (C=O) groups is 3. The lowest BCUT2D eigenvalue weighted by Gasteiger charge is -2.27. The highest BCUT2D eigenvalue weighted by molar-refractivity contribution is 7.99. The minimum absolute atomic E-state index is 0.151. The van der Waals surface area contributed by atoms with E-state index in [2.05, 4.69) is 20.5 Å². The molecule has 9 nitrogen and oxygen atoms in total. The highest BCUT2D eigenvalue weighted by Crippen LogP contribution is 2.30. The van der Waals surface area contributed by atoms with Crippen molar-refractivity contribution in [3.05, 3.63) is 77.9 Å². The molecule has 10 heteroatoms. The summed E-state index contributed by atoms with van der Waals surface area (Å²) in [7, 11) is 0. The minimum Gasteiger partial charge on any atom is -0.416 e. The van der Waals surface area contributed by atoms with Crippen LogP contribution in [0.2, 0.25) is 0 Å². The Bertz CT molecular complexity index is 1370. The van der Waals surface area contributed by atoms with Crippen molar-refractivity contribution in [1.82, 2.24) is 20.1 Å². The van der Waals surface area contributed by atoms with Crippen molar-refractivity contribution < 1.29 is 18.8 Å². The van der Waals surface area contributed by atoms with Gasteiger partial charge in [0.15, 0.2) is 0 Å². The van der Waals surface area contributed by atoms with E-state index in [1.807, 2.05) is 24.3 Å². The first-order valence-corrected chi connectivity index (χ1v) is 12.6. The number of hydrogen-bond acceptors (Lipinski definition) is 8. The average molecular weight is 502 g/mol. The third kappa shape index (κ3) is 5.13. The number of carbonyl (C=O) groups excluding carboxylic acids is 3. The number of anilines is 1. The Hall–Kier alpha value is -4.05. The van der Waals surface area contributed by atoms with E-state index < -0.39 is 0 Å². The summed E-state index contributed by atoms with van der Waals surface area (Å²) in [5.41, 5.74) is 1.83. The summed E-state index contributed by atoms with van der Waals surface area (Å²) in [4.78, 5) is 43.2. The van der Waals surface area contributed by atoms with Crippen LogP contribution in [0.15, 0.2) is 70.6 Å². The largest absolute Gasteiger partial charge is 0.416 e. The van der Waals surface area contributed by atoms with Crippen LogP contribution < -0.4 is 5.32 Å². The number of benzene rings is 2. The molecule has 182 valence electrons. The molecule has 2 aromatic heterocycles. The van der Waals surface area contributed by atoms with Gasteiger partial charge in [-0.3, -0.25) is 24.3 Å². The molecule has 0 saturated carbocycles. The molecular formula is C26H23N5O4S. The molecule has 0 atom stereocenters. The first-order chi connectivity index (χ1) is 17.6. The molecule has 1 aliphatic heterocycles. The third-order valence-electron chi connectivity index (χ3n) is 5.87. The van der Waals surface area contributed by atoms with Crippen LogP contribution in [0.4, 0.5) is 5.69 Å². The Morgan fingerprint density at radius 2 is 1.64 bits per heavy atom. The summed E-state index contributed by atoms with van der Waals surface area (Å²) >= 11 is 1.17. The number of amides is 3. The highest BCUT2D eigenvalue weighted by atomic mass is 32.2. The molecule has 3 heterocycles. The molecule has 0 spiro atoms. The summed E-state index contributed by atoms with van der Waals surface area (Å²) in [6.07, 6.45) is 6.05. The fraction of sp³-hybridized carbons (Fsp3) is 0.231. The number of unbranched alkanes of at least 4 members (excludes halogenated alkanes) is 2. The number of rotatable bonds is 10. The van der Waals surface area contributed by atoms with Crippen LogP contribution in [-0.4, -0.2) is 50.1 Å². The Balaban J connectivity index is 1.06. The molecule has 36 heavy (non-hydrogen) atoms. The van der Waals surface area contributed by atoms with Gasteiger partial charge in [-0.15, -0.1) is 10.2 Å². The lowest BCUT2D eigenvalue weighted by Crippen LogP contribution is -2.40. The average Bonchev–Trinajstić information content (AvgIpc) is 3.36. The van der Waals surface area contributed by atoms with Crippen molar-refractivity contribution in [1.29, 1.82) is 0 Å². The molecule has 4 aromatic rings. The van der Waals surface area contributed by atoms with Gasteiger partial charge in [-0.25, -0.2) is 0 Å². The summed E-state index contributed by atoms with van der Waals surface area (Å²) in [5, 5.41) is 12.8. The number of aromatic nitrogens is 3. The number of pyridine rings is 1. The number of thioether (sulfide) groups is 1. The van der Waals surface area contributed by atoms with Crippen LogP contribution in [0.1, 0.15) is 45.9 Å². The minimum atomic E-state index is -0.240. The smallest absolute Gasteiger partial charge is 0.277 e. The molecule has 0 radical (unpaired) electrons. The van der Waals surface area contributed by atoms with Crippen LogP contribution in [0, 0.1) is 0 Å². The second-order valence-corrected chi connectivity index (χ2v) is 9.24. The highest BCUT2D eigenvalue weighted by Gasteiger charge is 2.32. The molecule has 1 N–H and O–H groups in total. The van der Waals surface area contributed by atoms with Gasteiger partial charge in [0.05, 0.1) is 5.75 Å². The van der Waals surface area contributed by atoms with Gasteiger partial charge in [0, 0.05) is 47.6 Å². The predicted molar refractivity (Wildman–Crippen MR) is 135 cm³/mol. The van der Waals surface area contributed by atoms with Crippen LogP contribution in [-0.2, 0) is 11.2 Å². The maximum Gasteiger partial charge on any atom is 0.277 e. The molecule has 5 rings (SSSR count). The summed E-state index contributed by atoms with van der Waals surface area (Å²) in [5.74, 6) is -0.00494. The van der Waals surface area contributed by atoms with Gasteiger partial charge in [0.2, 0.25) is 11.8 Å². The van der Waals surface area contributed by atoms with Crippen molar-refractivity contribution in [2.45, 2.75) is 30.9 Å². The normalized spacial score (nSPS) is 12.8. The molecule has 1 aliphatic rings. The maximum atomic E-state index is 13.0. The zero-order valence-corrected chi connectivity index (χ0v) is 20.2. The lowest BCUT2D eigenvalue weighted by atomic mass is 9.94. The SMILES string of the molecule is O=C(CSc1nnc(CCCCCN2C(=O)c3cccc4cccc(c34)C2=O)o1)Nc1ccncc1. The van der Waals surface area contributed by atoms with E-state index in [0.717, 1.165) is 23.6 Å². The Morgan fingerprint density at radius 1 is 0.917 bits per heavy atom. The molecule has 3 amide bonds. The van der Waals surface area contributed by atoms with Crippen LogP contribution in [0.3, 0.4) is 0 Å². The van der Waals surface area contributed by atoms with Crippen LogP contribution in [0.25, 0.3) is 10.8 Å². The summed E-state index contributed by atoms with van der Waals surface area (Å²) in [6, 6.07) is 14.5. The molecule has 2 aromatic carbocycles. The van der Waals surface area contributed by atoms with E-state index >= 15 is 0 Å². The zero-order chi connectivity index (χ0) is 24.9. The fourth-order valence-corrected chi connectivity index (χ4v) is 4.74. The van der Waals surface area contributed by atoms with E-state index in [0.29, 0.717) is 47.3 Å². The second kappa shape index (κ2) is 10.7. The number of nitrogens with one attached hydrogen (secondary N) is 1. The van der Waals surface area contributed by atoms with Crippen molar-refractivity contribution in [3.63, 3.8) is 0 Å². The predicted octanol–water partition coefficient (Wildman–Crippen LogP) is 4.36. The monoisotopic (exact) mass is 501 g/mol. The van der Waals surface area contributed by atoms with E-state index in [-0.39, 0.29) is 23.5 Å². The van der Waals surface area contributed by atoms with E-state index in [9.17, 15) is 14.4 Å². The third-order valence-corrected chi connectivity index (χ3v) is 6.69. The summed E-state index contributed by atoms with van der Waals surface area (Å²) < 4.78 is 5.62. The summed E-state index contributed by atoms with van der Waals surface area (Å²) in [6.45, 7) is 0.361. The van der Waals surface area contributed by atoms with E-state index in [1.165, 1.54) is 16.7 Å². The van der Waals surface area contributed by atoms with Crippen molar-refractivity contribution in [3.8, 4) is 0 Å². The zero-order valence-electron chi connectivity index (χ0n) is 19.3. The molecule has 0 aliphatic carbocycles. The first kappa shape index (κ1) is 23.7. The van der Waals surface area contributed by atoms with E-state index in [1.54, 1.807) is 36.7 Å². The standard InChI is InChI=1S/C26H23N5O4S/c32-21(28-18-11-13-27-14-12-18)16-36-26-30-29-22(35-26)10-2-1-3-15-31-24(33)19-8-4-6-17-7-5-9-20(23(17)19)25(31)34/h4-9,11-14H,1-3,10,15-16H2,(H,27,28,32). The van der Waals surface area contributed by atoms with Gasteiger partial charge >= 0.3 is 0 Å². The van der Waals surface area contributed by atoms with Gasteiger partial charge in [0.1, 0.15) is 0 Å². The topological polar surface area (TPSA) is 118 Å². The molecule has 0 unspecified atom stereocenters. The van der Waals surface area contributed by atoms with E-state index in [4.69, 9.17) is 4.42 Å². The molecule has 0 fully saturated rings. The Kier molecular flexibility index (Phi) is 7.03. The van der Waals surface area contributed by atoms with Gasteiger partial charge < -0.3 is 9.73 Å². The molecule has 0 bridgehead atoms. The number of imide groups is 1. The van der Waals surface area contributed by atoms with Crippen LogP contribution >= 0.6 is 11.8 Å². The Labute approximate surface area is 211 Å². The van der Waals surface area contributed by atoms with Gasteiger partial charge in [-0.05, 0) is 42.5 Å². The van der Waals surface area contributed by atoms with Crippen molar-refractivity contribution >= 4 is 45.9 Å².